The van der Waals surface area contributed by atoms with Gasteiger partial charge in [0.2, 0.25) is 0 Å². The smallest absolute Gasteiger partial charge is 0.321 e. The minimum absolute atomic E-state index is 0.246. The lowest BCUT2D eigenvalue weighted by Crippen LogP contribution is -2.37. The maximum atomic E-state index is 11.4. The molecule has 0 unspecified atom stereocenters. The Kier molecular flexibility index (Phi) is 10.1. The third-order valence-electron chi connectivity index (χ3n) is 7.55. The summed E-state index contributed by atoms with van der Waals surface area (Å²) in [6.45, 7) is 5.21. The van der Waals surface area contributed by atoms with Crippen molar-refractivity contribution in [3.63, 3.8) is 0 Å². The number of aliphatic hydroxyl groups excluding tert-OH is 1. The maximum Gasteiger partial charge on any atom is 0.321 e. The first-order valence-corrected chi connectivity index (χ1v) is 13.9. The lowest BCUT2D eigenvalue weighted by Gasteiger charge is -2.21. The normalized spacial score (nSPS) is 21.8. The summed E-state index contributed by atoms with van der Waals surface area (Å²) >= 11 is 6.76. The molecule has 212 valence electrons. The van der Waals surface area contributed by atoms with Crippen molar-refractivity contribution in [2.45, 2.75) is 57.2 Å². The van der Waals surface area contributed by atoms with E-state index in [0.29, 0.717) is 56.5 Å². The predicted molar refractivity (Wildman–Crippen MR) is 148 cm³/mol. The molecule has 0 saturated carbocycles. The van der Waals surface area contributed by atoms with E-state index in [4.69, 9.17) is 21.1 Å². The van der Waals surface area contributed by atoms with Crippen molar-refractivity contribution in [1.29, 1.82) is 0 Å². The van der Waals surface area contributed by atoms with Gasteiger partial charge in [-0.2, -0.15) is 0 Å². The van der Waals surface area contributed by atoms with Crippen LogP contribution in [0.5, 0.6) is 11.5 Å². The molecule has 2 aromatic rings. The highest BCUT2D eigenvalue weighted by Crippen LogP contribution is 2.39. The number of benzene rings is 2. The Labute approximate surface area is 233 Å². The molecule has 9 nitrogen and oxygen atoms in total. The molecule has 2 fully saturated rings. The number of aliphatic hydroxyl groups is 1. The van der Waals surface area contributed by atoms with Gasteiger partial charge in [-0.25, -0.2) is 0 Å². The van der Waals surface area contributed by atoms with Gasteiger partial charge >= 0.3 is 11.9 Å². The Bertz CT molecular complexity index is 1160. The van der Waals surface area contributed by atoms with Gasteiger partial charge in [0.15, 0.2) is 0 Å². The molecule has 0 bridgehead atoms. The predicted octanol–water partition coefficient (Wildman–Crippen LogP) is 3.92. The molecule has 2 aliphatic heterocycles. The molecule has 4 rings (SSSR count). The van der Waals surface area contributed by atoms with Crippen LogP contribution in [0.4, 0.5) is 0 Å². The van der Waals surface area contributed by atoms with E-state index in [1.54, 1.807) is 4.90 Å². The first-order valence-electron chi connectivity index (χ1n) is 13.5. The monoisotopic (exact) mass is 560 g/mol. The molecule has 0 amide bonds. The Morgan fingerprint density at radius 1 is 0.923 bits per heavy atom. The third kappa shape index (κ3) is 7.22. The molecule has 0 aliphatic carbocycles. The summed E-state index contributed by atoms with van der Waals surface area (Å²) in [5, 5.41) is 29.0. The van der Waals surface area contributed by atoms with Gasteiger partial charge in [-0.3, -0.25) is 19.4 Å². The lowest BCUT2D eigenvalue weighted by atomic mass is 9.99. The first-order chi connectivity index (χ1) is 18.8. The Hall–Kier alpha value is -2.85. The molecule has 2 aromatic carbocycles. The lowest BCUT2D eigenvalue weighted by molar-refractivity contribution is -0.143. The highest BCUT2D eigenvalue weighted by Gasteiger charge is 2.35. The number of hydrogen-bond acceptors (Lipinski definition) is 7. The number of aliphatic carboxylic acids is 2. The van der Waals surface area contributed by atoms with Gasteiger partial charge in [0.1, 0.15) is 23.6 Å². The molecule has 2 aliphatic rings. The molecule has 2 saturated heterocycles. The van der Waals surface area contributed by atoms with E-state index in [2.05, 4.69) is 0 Å². The van der Waals surface area contributed by atoms with Crippen LogP contribution in [0.2, 0.25) is 5.02 Å². The number of nitrogens with zero attached hydrogens (tertiary/aromatic N) is 2. The summed E-state index contributed by atoms with van der Waals surface area (Å²) in [6, 6.07) is 10.4. The zero-order valence-corrected chi connectivity index (χ0v) is 23.0. The van der Waals surface area contributed by atoms with Gasteiger partial charge in [0.05, 0.1) is 24.3 Å². The fraction of sp³-hybridized carbons (Fsp3) is 0.517. The van der Waals surface area contributed by atoms with E-state index < -0.39 is 24.1 Å². The average Bonchev–Trinajstić information content (AvgIpc) is 3.53. The van der Waals surface area contributed by atoms with Crippen molar-refractivity contribution in [2.24, 2.45) is 0 Å². The summed E-state index contributed by atoms with van der Waals surface area (Å²) in [4.78, 5) is 26.6. The van der Waals surface area contributed by atoms with Crippen molar-refractivity contribution in [1.82, 2.24) is 9.80 Å². The summed E-state index contributed by atoms with van der Waals surface area (Å²) in [5.41, 5.74) is 2.71. The van der Waals surface area contributed by atoms with Crippen LogP contribution >= 0.6 is 11.6 Å². The zero-order chi connectivity index (χ0) is 27.9. The minimum Gasteiger partial charge on any atom is -0.493 e. The number of β-amino-alcohol motifs (C(OH)–C–C–N with tert-alkyl or cyclic N) is 1. The first kappa shape index (κ1) is 29.1. The van der Waals surface area contributed by atoms with Crippen molar-refractivity contribution >= 4 is 23.5 Å². The summed E-state index contributed by atoms with van der Waals surface area (Å²) in [6.07, 6.45) is 2.59. The standard InChI is InChI=1S/C29H37ClN2O7/c1-19-21(7-2-10-25(19)38-15-5-13-31-12-4-9-23(31)28(34)35)22-8-3-11-26(27(22)30)39-16-6-14-32-18-20(33)17-24(32)29(36)37/h2-3,7-8,10-11,20,23-24,33H,4-6,9,12-18H2,1H3,(H,34,35)(H,36,37)/t20-,23+,24+/m1/s1. The number of carboxylic acid groups (broad SMARTS) is 2. The van der Waals surface area contributed by atoms with Crippen LogP contribution in [-0.4, -0.2) is 94.6 Å². The third-order valence-corrected chi connectivity index (χ3v) is 7.94. The van der Waals surface area contributed by atoms with Crippen LogP contribution in [0.25, 0.3) is 11.1 Å². The highest BCUT2D eigenvalue weighted by molar-refractivity contribution is 6.34. The SMILES string of the molecule is Cc1c(OCCCN2CCC[C@H]2C(=O)O)cccc1-c1cccc(OCCCN2C[C@H](O)C[C@H]2C(=O)O)c1Cl. The second-order valence-electron chi connectivity index (χ2n) is 10.2. The van der Waals surface area contributed by atoms with Crippen molar-refractivity contribution in [3.05, 3.63) is 47.0 Å². The highest BCUT2D eigenvalue weighted by atomic mass is 35.5. The van der Waals surface area contributed by atoms with E-state index in [1.807, 2.05) is 48.2 Å². The van der Waals surface area contributed by atoms with Crippen molar-refractivity contribution in [2.75, 3.05) is 39.4 Å². The van der Waals surface area contributed by atoms with Crippen molar-refractivity contribution in [3.8, 4) is 22.6 Å². The quantitative estimate of drug-likeness (QED) is 0.313. The molecule has 0 aromatic heterocycles. The van der Waals surface area contributed by atoms with Gasteiger partial charge in [0, 0.05) is 31.6 Å². The van der Waals surface area contributed by atoms with Crippen molar-refractivity contribution < 1.29 is 34.4 Å². The van der Waals surface area contributed by atoms with E-state index in [1.165, 1.54) is 0 Å². The van der Waals surface area contributed by atoms with Gasteiger partial charge < -0.3 is 24.8 Å². The Balaban J connectivity index is 1.32. The van der Waals surface area contributed by atoms with Gasteiger partial charge in [-0.15, -0.1) is 0 Å². The molecular formula is C29H37ClN2O7. The molecule has 10 heteroatoms. The van der Waals surface area contributed by atoms with Gasteiger partial charge in [-0.05, 0) is 62.4 Å². The largest absolute Gasteiger partial charge is 0.493 e. The van der Waals surface area contributed by atoms with E-state index in [0.717, 1.165) is 41.8 Å². The molecule has 2 heterocycles. The summed E-state index contributed by atoms with van der Waals surface area (Å²) in [5.74, 6) is -0.358. The van der Waals surface area contributed by atoms with E-state index in [-0.39, 0.29) is 12.5 Å². The minimum atomic E-state index is -0.914. The molecule has 0 spiro atoms. The summed E-state index contributed by atoms with van der Waals surface area (Å²) < 4.78 is 12.0. The molecule has 0 radical (unpaired) electrons. The van der Waals surface area contributed by atoms with Gasteiger partial charge in [-0.1, -0.05) is 35.9 Å². The topological polar surface area (TPSA) is 120 Å². The number of carboxylic acids is 2. The van der Waals surface area contributed by atoms with Crippen LogP contribution in [0.15, 0.2) is 36.4 Å². The van der Waals surface area contributed by atoms with Crippen LogP contribution in [0.3, 0.4) is 0 Å². The number of likely N-dealkylation sites (tertiary alicyclic amines) is 2. The molecule has 3 N–H and O–H groups in total. The maximum absolute atomic E-state index is 11.4. The zero-order valence-electron chi connectivity index (χ0n) is 22.2. The molecule has 39 heavy (non-hydrogen) atoms. The average molecular weight is 561 g/mol. The van der Waals surface area contributed by atoms with Crippen LogP contribution < -0.4 is 9.47 Å². The van der Waals surface area contributed by atoms with Crippen LogP contribution in [-0.2, 0) is 9.59 Å². The van der Waals surface area contributed by atoms with E-state index >= 15 is 0 Å². The number of rotatable bonds is 13. The second kappa shape index (κ2) is 13.5. The Morgan fingerprint density at radius 3 is 2.23 bits per heavy atom. The molecule has 3 atom stereocenters. The van der Waals surface area contributed by atoms with E-state index in [9.17, 15) is 24.9 Å². The molecular weight excluding hydrogens is 524 g/mol. The number of halogens is 1. The number of ether oxygens (including phenoxy) is 2. The van der Waals surface area contributed by atoms with Gasteiger partial charge in [0.25, 0.3) is 0 Å². The van der Waals surface area contributed by atoms with Crippen LogP contribution in [0.1, 0.15) is 37.7 Å². The second-order valence-corrected chi connectivity index (χ2v) is 10.6. The fourth-order valence-corrected chi connectivity index (χ4v) is 5.83. The van der Waals surface area contributed by atoms with Crippen LogP contribution in [0, 0.1) is 6.92 Å². The number of hydrogen-bond donors (Lipinski definition) is 3. The fourth-order valence-electron chi connectivity index (χ4n) is 5.55. The number of carbonyl (C=O) groups is 2. The Morgan fingerprint density at radius 2 is 1.54 bits per heavy atom. The summed E-state index contributed by atoms with van der Waals surface area (Å²) in [7, 11) is 0.